The minimum absolute atomic E-state index is 0.144. The van der Waals surface area contributed by atoms with Gasteiger partial charge in [-0.3, -0.25) is 9.59 Å². The molecule has 1 fully saturated rings. The molecule has 0 aromatic heterocycles. The van der Waals surface area contributed by atoms with E-state index in [4.69, 9.17) is 17.3 Å². The molecular weight excluding hydrogens is 400 g/mol. The van der Waals surface area contributed by atoms with Gasteiger partial charge in [0.25, 0.3) is 0 Å². The smallest absolute Gasteiger partial charge is 0.247 e. The maximum Gasteiger partial charge on any atom is 0.247 e. The van der Waals surface area contributed by atoms with Gasteiger partial charge in [-0.2, -0.15) is 0 Å². The fourth-order valence-corrected chi connectivity index (χ4v) is 3.85. The largest absolute Gasteiger partial charge is 0.398 e. The highest BCUT2D eigenvalue weighted by Gasteiger charge is 2.40. The summed E-state index contributed by atoms with van der Waals surface area (Å²) >= 11 is 10.7. The first kappa shape index (κ1) is 16.4. The Morgan fingerprint density at radius 3 is 2.65 bits per heavy atom. The summed E-state index contributed by atoms with van der Waals surface area (Å²) in [4.78, 5) is 26.9. The molecule has 0 saturated carbocycles. The molecule has 1 heterocycles. The summed E-state index contributed by atoms with van der Waals surface area (Å²) in [5, 5.41) is -0.0267. The molecule has 2 aromatic rings. The third kappa shape index (κ3) is 3.24. The van der Waals surface area contributed by atoms with Crippen LogP contribution < -0.4 is 10.6 Å². The van der Waals surface area contributed by atoms with Crippen LogP contribution in [0.2, 0.25) is 5.02 Å². The van der Waals surface area contributed by atoms with E-state index in [2.05, 4.69) is 15.9 Å². The fourth-order valence-electron chi connectivity index (χ4n) is 2.33. The van der Waals surface area contributed by atoms with E-state index in [9.17, 15) is 9.59 Å². The van der Waals surface area contributed by atoms with Gasteiger partial charge in [0.05, 0.1) is 16.0 Å². The lowest BCUT2D eigenvalue weighted by atomic mass is 10.3. The zero-order valence-corrected chi connectivity index (χ0v) is 15.0. The second kappa shape index (κ2) is 6.55. The zero-order chi connectivity index (χ0) is 16.6. The van der Waals surface area contributed by atoms with E-state index in [1.165, 1.54) is 16.7 Å². The molecule has 0 bridgehead atoms. The third-order valence-corrected chi connectivity index (χ3v) is 5.97. The number of nitrogen functional groups attached to an aromatic ring is 1. The van der Waals surface area contributed by atoms with E-state index in [1.54, 1.807) is 24.3 Å². The van der Waals surface area contributed by atoms with Gasteiger partial charge in [0.15, 0.2) is 0 Å². The summed E-state index contributed by atoms with van der Waals surface area (Å²) in [6, 6.07) is 12.3. The molecule has 0 radical (unpaired) electrons. The summed E-state index contributed by atoms with van der Waals surface area (Å²) in [7, 11) is 0. The summed E-state index contributed by atoms with van der Waals surface area (Å²) in [6.07, 6.45) is 0.144. The summed E-state index contributed by atoms with van der Waals surface area (Å²) in [5.74, 6) is -0.484. The molecule has 1 atom stereocenters. The standard InChI is InChI=1S/C16H12BrClN2O2S/c17-10-6-5-9(7-11(10)18)20-15(21)8-14(16(20)22)23-13-4-2-1-3-12(13)19/h1-7,14H,8,19H2. The number of nitrogens with two attached hydrogens (primary N) is 1. The molecule has 1 aliphatic rings. The Balaban J connectivity index is 1.85. The molecule has 0 aliphatic carbocycles. The van der Waals surface area contributed by atoms with Crippen molar-refractivity contribution >= 4 is 62.5 Å². The average Bonchev–Trinajstić information content (AvgIpc) is 2.79. The second-order valence-corrected chi connectivity index (χ2v) is 7.52. The van der Waals surface area contributed by atoms with Crippen LogP contribution in [0.5, 0.6) is 0 Å². The van der Waals surface area contributed by atoms with E-state index in [1.807, 2.05) is 18.2 Å². The predicted molar refractivity (Wildman–Crippen MR) is 96.8 cm³/mol. The highest BCUT2D eigenvalue weighted by molar-refractivity contribution is 9.10. The molecule has 1 aliphatic heterocycles. The number of carbonyl (C=O) groups excluding carboxylic acids is 2. The van der Waals surface area contributed by atoms with Gasteiger partial charge in [0.1, 0.15) is 0 Å². The average molecular weight is 412 g/mol. The van der Waals surface area contributed by atoms with Gasteiger partial charge < -0.3 is 5.73 Å². The van der Waals surface area contributed by atoms with Crippen molar-refractivity contribution < 1.29 is 9.59 Å². The van der Waals surface area contributed by atoms with Crippen LogP contribution >= 0.6 is 39.3 Å². The van der Waals surface area contributed by atoms with Gasteiger partial charge >= 0.3 is 0 Å². The normalized spacial score (nSPS) is 17.8. The SMILES string of the molecule is Nc1ccccc1SC1CC(=O)N(c2ccc(Br)c(Cl)c2)C1=O. The first-order chi connectivity index (χ1) is 11.0. The van der Waals surface area contributed by atoms with Crippen molar-refractivity contribution in [2.45, 2.75) is 16.6 Å². The van der Waals surface area contributed by atoms with Gasteiger partial charge in [0, 0.05) is 21.5 Å². The molecule has 23 heavy (non-hydrogen) atoms. The number of thioether (sulfide) groups is 1. The minimum Gasteiger partial charge on any atom is -0.398 e. The molecular formula is C16H12BrClN2O2S. The lowest BCUT2D eigenvalue weighted by Gasteiger charge is -2.16. The Morgan fingerprint density at radius 1 is 1.22 bits per heavy atom. The Kier molecular flexibility index (Phi) is 4.66. The Morgan fingerprint density at radius 2 is 1.96 bits per heavy atom. The molecule has 118 valence electrons. The lowest BCUT2D eigenvalue weighted by Crippen LogP contribution is -2.31. The number of rotatable bonds is 3. The zero-order valence-electron chi connectivity index (χ0n) is 11.8. The van der Waals surface area contributed by atoms with Gasteiger partial charge in [-0.1, -0.05) is 23.7 Å². The van der Waals surface area contributed by atoms with Gasteiger partial charge in [0.2, 0.25) is 11.8 Å². The van der Waals surface area contributed by atoms with Crippen molar-refractivity contribution in [2.24, 2.45) is 0 Å². The quantitative estimate of drug-likeness (QED) is 0.610. The molecule has 1 saturated heterocycles. The van der Waals surface area contributed by atoms with Crippen LogP contribution in [0.25, 0.3) is 0 Å². The number of hydrogen-bond donors (Lipinski definition) is 1. The van der Waals surface area contributed by atoms with E-state index in [0.717, 1.165) is 4.90 Å². The lowest BCUT2D eigenvalue weighted by molar-refractivity contribution is -0.121. The molecule has 1 unspecified atom stereocenters. The molecule has 7 heteroatoms. The van der Waals surface area contributed by atoms with Crippen molar-refractivity contribution in [3.8, 4) is 0 Å². The first-order valence-corrected chi connectivity index (χ1v) is 8.85. The van der Waals surface area contributed by atoms with E-state index in [0.29, 0.717) is 20.9 Å². The molecule has 4 nitrogen and oxygen atoms in total. The monoisotopic (exact) mass is 410 g/mol. The number of imide groups is 1. The fraction of sp³-hybridized carbons (Fsp3) is 0.125. The van der Waals surface area contributed by atoms with Crippen molar-refractivity contribution in [3.63, 3.8) is 0 Å². The van der Waals surface area contributed by atoms with Crippen LogP contribution in [-0.2, 0) is 9.59 Å². The van der Waals surface area contributed by atoms with Crippen LogP contribution in [0.1, 0.15) is 6.42 Å². The number of para-hydroxylation sites is 1. The molecule has 2 N–H and O–H groups in total. The van der Waals surface area contributed by atoms with Crippen LogP contribution in [0.3, 0.4) is 0 Å². The highest BCUT2D eigenvalue weighted by atomic mass is 79.9. The maximum absolute atomic E-state index is 12.6. The topological polar surface area (TPSA) is 63.4 Å². The summed E-state index contributed by atoms with van der Waals surface area (Å²) in [6.45, 7) is 0. The maximum atomic E-state index is 12.6. The van der Waals surface area contributed by atoms with E-state index >= 15 is 0 Å². The van der Waals surface area contributed by atoms with Crippen LogP contribution in [0, 0.1) is 0 Å². The number of benzene rings is 2. The van der Waals surface area contributed by atoms with E-state index < -0.39 is 5.25 Å². The summed E-state index contributed by atoms with van der Waals surface area (Å²) < 4.78 is 0.713. The molecule has 2 aromatic carbocycles. The van der Waals surface area contributed by atoms with Crippen LogP contribution in [0.4, 0.5) is 11.4 Å². The molecule has 2 amide bonds. The van der Waals surface area contributed by atoms with E-state index in [-0.39, 0.29) is 18.2 Å². The highest BCUT2D eigenvalue weighted by Crippen LogP contribution is 2.37. The van der Waals surface area contributed by atoms with Crippen molar-refractivity contribution in [2.75, 3.05) is 10.6 Å². The summed E-state index contributed by atoms with van der Waals surface area (Å²) in [5.41, 5.74) is 6.99. The second-order valence-electron chi connectivity index (χ2n) is 5.01. The molecule has 0 spiro atoms. The van der Waals surface area contributed by atoms with Crippen LogP contribution in [0.15, 0.2) is 51.8 Å². The molecule has 3 rings (SSSR count). The van der Waals surface area contributed by atoms with Crippen molar-refractivity contribution in [1.82, 2.24) is 0 Å². The third-order valence-electron chi connectivity index (χ3n) is 3.45. The van der Waals surface area contributed by atoms with Gasteiger partial charge in [-0.05, 0) is 46.3 Å². The number of anilines is 2. The van der Waals surface area contributed by atoms with Crippen molar-refractivity contribution in [3.05, 3.63) is 52.0 Å². The Labute approximate surface area is 151 Å². The number of carbonyl (C=O) groups is 2. The number of amides is 2. The Bertz CT molecular complexity index is 799. The first-order valence-electron chi connectivity index (χ1n) is 6.80. The van der Waals surface area contributed by atoms with Crippen molar-refractivity contribution in [1.29, 1.82) is 0 Å². The predicted octanol–water partition coefficient (Wildman–Crippen LogP) is 4.11. The number of nitrogens with zero attached hydrogens (tertiary/aromatic N) is 1. The number of hydrogen-bond acceptors (Lipinski definition) is 4. The van der Waals surface area contributed by atoms with Crippen LogP contribution in [-0.4, -0.2) is 17.1 Å². The van der Waals surface area contributed by atoms with Gasteiger partial charge in [-0.25, -0.2) is 4.90 Å². The van der Waals surface area contributed by atoms with Gasteiger partial charge in [-0.15, -0.1) is 11.8 Å². The minimum atomic E-state index is -0.477. The Hall–Kier alpha value is -1.50. The number of halogens is 2.